The molecule has 4 heteroatoms. The molecule has 1 aromatic rings. The highest BCUT2D eigenvalue weighted by Gasteiger charge is 2.03. The minimum absolute atomic E-state index is 0.00870. The van der Waals surface area contributed by atoms with Crippen LogP contribution < -0.4 is 0 Å². The van der Waals surface area contributed by atoms with Crippen LogP contribution in [0.4, 0.5) is 0 Å². The van der Waals surface area contributed by atoms with E-state index in [4.69, 9.17) is 10.4 Å². The van der Waals surface area contributed by atoms with Crippen LogP contribution in [-0.4, -0.2) is 20.6 Å². The van der Waals surface area contributed by atoms with Crippen molar-refractivity contribution in [1.29, 1.82) is 0 Å². The standard InChI is InChI=1S/C7H7NO2S/c9-8(10)7(11)6-4-2-1-3-5-6/h1-5,9-10H. The Hall–Kier alpha value is -0.970. The zero-order valence-corrected chi connectivity index (χ0v) is 6.45. The summed E-state index contributed by atoms with van der Waals surface area (Å²) < 4.78 is 0. The van der Waals surface area contributed by atoms with E-state index >= 15 is 0 Å². The van der Waals surface area contributed by atoms with Gasteiger partial charge >= 0.3 is 0 Å². The van der Waals surface area contributed by atoms with Gasteiger partial charge in [0.25, 0.3) is 0 Å². The van der Waals surface area contributed by atoms with Gasteiger partial charge in [0.2, 0.25) is 0 Å². The average Bonchev–Trinajstić information content (AvgIpc) is 2.05. The number of hydrogen-bond acceptors (Lipinski definition) is 3. The first-order valence-corrected chi connectivity index (χ1v) is 3.40. The number of rotatable bonds is 1. The van der Waals surface area contributed by atoms with E-state index in [1.807, 2.05) is 6.07 Å². The molecule has 11 heavy (non-hydrogen) atoms. The summed E-state index contributed by atoms with van der Waals surface area (Å²) in [6, 6.07) is 8.75. The van der Waals surface area contributed by atoms with Gasteiger partial charge in [0, 0.05) is 5.56 Å². The molecule has 0 saturated heterocycles. The van der Waals surface area contributed by atoms with Gasteiger partial charge in [0.05, 0.1) is 0 Å². The smallest absolute Gasteiger partial charge is 0.164 e. The van der Waals surface area contributed by atoms with Crippen molar-refractivity contribution in [2.75, 3.05) is 0 Å². The molecule has 0 aromatic heterocycles. The van der Waals surface area contributed by atoms with Gasteiger partial charge in [-0.05, 0) is 0 Å². The Labute approximate surface area is 69.4 Å². The van der Waals surface area contributed by atoms with Crippen LogP contribution in [0, 0.1) is 0 Å². The topological polar surface area (TPSA) is 43.7 Å². The van der Waals surface area contributed by atoms with Crippen LogP contribution in [-0.2, 0) is 0 Å². The summed E-state index contributed by atoms with van der Waals surface area (Å²) in [4.78, 5) is -0.00870. The van der Waals surface area contributed by atoms with Crippen LogP contribution in [0.3, 0.4) is 0 Å². The minimum Gasteiger partial charge on any atom is -0.263 e. The summed E-state index contributed by atoms with van der Waals surface area (Å²) in [7, 11) is 0. The highest BCUT2D eigenvalue weighted by atomic mass is 32.1. The van der Waals surface area contributed by atoms with Gasteiger partial charge in [-0.15, -0.1) is 5.23 Å². The summed E-state index contributed by atoms with van der Waals surface area (Å²) in [6.45, 7) is 0. The van der Waals surface area contributed by atoms with E-state index in [9.17, 15) is 0 Å². The van der Waals surface area contributed by atoms with E-state index < -0.39 is 0 Å². The minimum atomic E-state index is -0.0648. The maximum atomic E-state index is 8.52. The number of nitrogens with zero attached hydrogens (tertiary/aromatic N) is 1. The van der Waals surface area contributed by atoms with Crippen molar-refractivity contribution < 1.29 is 10.4 Å². The predicted octanol–water partition coefficient (Wildman–Crippen LogP) is 1.44. The summed E-state index contributed by atoms with van der Waals surface area (Å²) in [5.74, 6) is 0. The first-order valence-electron chi connectivity index (χ1n) is 2.99. The molecule has 2 N–H and O–H groups in total. The summed E-state index contributed by atoms with van der Waals surface area (Å²) in [6.07, 6.45) is 0. The molecule has 1 rings (SSSR count). The van der Waals surface area contributed by atoms with Crippen LogP contribution in [0.2, 0.25) is 0 Å². The molecule has 0 unspecified atom stereocenters. The molecule has 0 bridgehead atoms. The highest BCUT2D eigenvalue weighted by molar-refractivity contribution is 7.80. The van der Waals surface area contributed by atoms with Gasteiger partial charge in [-0.2, -0.15) is 0 Å². The van der Waals surface area contributed by atoms with Crippen molar-refractivity contribution in [2.45, 2.75) is 0 Å². The third-order valence-electron chi connectivity index (χ3n) is 1.20. The Bertz CT molecular complexity index is 248. The lowest BCUT2D eigenvalue weighted by atomic mass is 10.2. The molecule has 0 aliphatic heterocycles. The molecule has 0 radical (unpaired) electrons. The molecule has 0 saturated carbocycles. The monoisotopic (exact) mass is 169 g/mol. The SMILES string of the molecule is ON(O)C(=S)c1ccccc1. The van der Waals surface area contributed by atoms with Crippen molar-refractivity contribution in [3.8, 4) is 0 Å². The second kappa shape index (κ2) is 3.43. The lowest BCUT2D eigenvalue weighted by Crippen LogP contribution is -2.21. The van der Waals surface area contributed by atoms with Gasteiger partial charge in [-0.3, -0.25) is 10.4 Å². The van der Waals surface area contributed by atoms with Crippen LogP contribution in [0.5, 0.6) is 0 Å². The van der Waals surface area contributed by atoms with Crippen molar-refractivity contribution in [2.24, 2.45) is 0 Å². The summed E-state index contributed by atoms with van der Waals surface area (Å²) in [5.41, 5.74) is 0.604. The molecule has 3 nitrogen and oxygen atoms in total. The molecule has 0 aliphatic carbocycles. The molecule has 0 atom stereocenters. The Morgan fingerprint density at radius 2 is 1.73 bits per heavy atom. The average molecular weight is 169 g/mol. The lowest BCUT2D eigenvalue weighted by molar-refractivity contribution is -0.241. The number of hydrogen-bond donors (Lipinski definition) is 2. The Balaban J connectivity index is 2.86. The van der Waals surface area contributed by atoms with Crippen LogP contribution in [0.1, 0.15) is 5.56 Å². The molecule has 0 spiro atoms. The fourth-order valence-electron chi connectivity index (χ4n) is 0.696. The molecular weight excluding hydrogens is 162 g/mol. The van der Waals surface area contributed by atoms with Crippen LogP contribution in [0.15, 0.2) is 30.3 Å². The summed E-state index contributed by atoms with van der Waals surface area (Å²) in [5, 5.41) is 17.0. The van der Waals surface area contributed by atoms with Gasteiger partial charge in [0.1, 0.15) is 0 Å². The third-order valence-corrected chi connectivity index (χ3v) is 1.60. The normalized spacial score (nSPS) is 9.27. The van der Waals surface area contributed by atoms with E-state index in [-0.39, 0.29) is 10.2 Å². The highest BCUT2D eigenvalue weighted by Crippen LogP contribution is 2.01. The maximum absolute atomic E-state index is 8.52. The van der Waals surface area contributed by atoms with E-state index in [2.05, 4.69) is 12.2 Å². The molecule has 0 heterocycles. The maximum Gasteiger partial charge on any atom is 0.164 e. The van der Waals surface area contributed by atoms with Crippen molar-refractivity contribution in [3.63, 3.8) is 0 Å². The Morgan fingerprint density at radius 1 is 1.18 bits per heavy atom. The molecule has 0 amide bonds. The van der Waals surface area contributed by atoms with E-state index in [0.29, 0.717) is 5.56 Å². The molecule has 58 valence electrons. The number of benzene rings is 1. The van der Waals surface area contributed by atoms with Crippen LogP contribution >= 0.6 is 12.2 Å². The quantitative estimate of drug-likeness (QED) is 0.493. The van der Waals surface area contributed by atoms with Crippen molar-refractivity contribution in [3.05, 3.63) is 35.9 Å². The zero-order valence-electron chi connectivity index (χ0n) is 5.64. The zero-order chi connectivity index (χ0) is 8.27. The van der Waals surface area contributed by atoms with E-state index in [1.54, 1.807) is 24.3 Å². The van der Waals surface area contributed by atoms with Gasteiger partial charge < -0.3 is 0 Å². The molecular formula is C7H7NO2S. The van der Waals surface area contributed by atoms with Crippen molar-refractivity contribution >= 4 is 17.2 Å². The molecule has 0 fully saturated rings. The van der Waals surface area contributed by atoms with Crippen molar-refractivity contribution in [1.82, 2.24) is 5.23 Å². The van der Waals surface area contributed by atoms with E-state index in [0.717, 1.165) is 0 Å². The fourth-order valence-corrected chi connectivity index (χ4v) is 0.832. The van der Waals surface area contributed by atoms with Gasteiger partial charge in [0.15, 0.2) is 4.99 Å². The Morgan fingerprint density at radius 3 is 2.18 bits per heavy atom. The second-order valence-electron chi connectivity index (χ2n) is 1.96. The van der Waals surface area contributed by atoms with Crippen LogP contribution in [0.25, 0.3) is 0 Å². The fraction of sp³-hybridized carbons (Fsp3) is 0. The Kier molecular flexibility index (Phi) is 2.53. The number of thiocarbonyl (C=S) groups is 1. The number of hydroxylamine groups is 2. The molecule has 0 aliphatic rings. The lowest BCUT2D eigenvalue weighted by Gasteiger charge is -2.07. The first kappa shape index (κ1) is 8.13. The third kappa shape index (κ3) is 1.98. The van der Waals surface area contributed by atoms with Gasteiger partial charge in [-0.1, -0.05) is 42.5 Å². The summed E-state index contributed by atoms with van der Waals surface area (Å²) >= 11 is 4.67. The second-order valence-corrected chi connectivity index (χ2v) is 2.35. The van der Waals surface area contributed by atoms with E-state index in [1.165, 1.54) is 0 Å². The molecule has 1 aromatic carbocycles. The first-order chi connectivity index (χ1) is 5.22. The van der Waals surface area contributed by atoms with Gasteiger partial charge in [-0.25, -0.2) is 0 Å². The largest absolute Gasteiger partial charge is 0.263 e. The predicted molar refractivity (Wildman–Crippen MR) is 43.6 cm³/mol.